The third-order valence-corrected chi connectivity index (χ3v) is 2.41. The third kappa shape index (κ3) is 4.00. The molecule has 0 saturated heterocycles. The summed E-state index contributed by atoms with van der Waals surface area (Å²) in [6, 6.07) is 6.86. The van der Waals surface area contributed by atoms with E-state index in [4.69, 9.17) is 4.55 Å². The molecule has 0 aliphatic carbocycles. The molecule has 0 radical (unpaired) electrons. The van der Waals surface area contributed by atoms with Gasteiger partial charge in [0.2, 0.25) is 0 Å². The van der Waals surface area contributed by atoms with Gasteiger partial charge in [0.15, 0.2) is 11.1 Å². The zero-order valence-corrected chi connectivity index (χ0v) is 10.9. The molecule has 5 heteroatoms. The summed E-state index contributed by atoms with van der Waals surface area (Å²) in [5, 5.41) is 0. The Morgan fingerprint density at radius 1 is 1.36 bits per heavy atom. The van der Waals surface area contributed by atoms with E-state index in [9.17, 15) is 4.21 Å². The van der Waals surface area contributed by atoms with E-state index in [1.807, 2.05) is 0 Å². The van der Waals surface area contributed by atoms with Gasteiger partial charge in [-0.05, 0) is 46.9 Å². The van der Waals surface area contributed by atoms with Crippen LogP contribution in [0.1, 0.15) is 1.43 Å². The quantitative estimate of drug-likeness (QED) is 0.409. The van der Waals surface area contributed by atoms with Crippen LogP contribution in [0.25, 0.3) is 0 Å². The number of hydrogen-bond donors (Lipinski definition) is 1. The molecule has 1 rings (SSSR count). The number of benzene rings is 1. The summed E-state index contributed by atoms with van der Waals surface area (Å²) in [5.41, 5.74) is 0. The molecule has 0 bridgehead atoms. The van der Waals surface area contributed by atoms with Crippen LogP contribution in [0.5, 0.6) is 0 Å². The van der Waals surface area contributed by atoms with Gasteiger partial charge in [-0.1, -0.05) is 0 Å². The average molecular weight is 292 g/mol. The molecule has 1 aromatic carbocycles. The second-order valence-corrected chi connectivity index (χ2v) is 3.92. The van der Waals surface area contributed by atoms with Gasteiger partial charge in [0.05, 0.1) is 4.90 Å². The van der Waals surface area contributed by atoms with Crippen molar-refractivity contribution in [2.45, 2.75) is 4.90 Å². The second-order valence-electron chi connectivity index (χ2n) is 1.70. The van der Waals surface area contributed by atoms with Crippen molar-refractivity contribution < 1.29 is 39.7 Å². The maximum atomic E-state index is 10.4. The van der Waals surface area contributed by atoms with Crippen molar-refractivity contribution in [2.75, 3.05) is 0 Å². The fourth-order valence-electron chi connectivity index (χ4n) is 0.551. The van der Waals surface area contributed by atoms with Gasteiger partial charge < -0.3 is 5.98 Å². The van der Waals surface area contributed by atoms with E-state index >= 15 is 0 Å². The zero-order valence-electron chi connectivity index (χ0n) is 6.95. The monoisotopic (exact) mass is 292 g/mol. The van der Waals surface area contributed by atoms with Gasteiger partial charge >= 0.3 is 29.6 Å². The standard InChI is InChI=1S/C6H5IO2S.Na.H/c7-5-1-3-6(4-2-5)10(8)9;;/h1-4H,(H,8,9);;/q;+1;-1. The smallest absolute Gasteiger partial charge is 1.00 e. The molecule has 1 N–H and O–H groups in total. The Bertz CT molecular complexity index is 254. The molecule has 1 unspecified atom stereocenters. The molecule has 56 valence electrons. The first-order valence-electron chi connectivity index (χ1n) is 2.56. The Balaban J connectivity index is 0. The third-order valence-electron chi connectivity index (χ3n) is 1.02. The molecule has 0 aliphatic rings. The number of rotatable bonds is 1. The van der Waals surface area contributed by atoms with Crippen molar-refractivity contribution in [3.8, 4) is 0 Å². The Hall–Kier alpha value is 1.06. The normalized spacial score (nSPS) is 11.8. The topological polar surface area (TPSA) is 37.3 Å². The summed E-state index contributed by atoms with van der Waals surface area (Å²) >= 11 is 0.299. The van der Waals surface area contributed by atoms with E-state index in [1.54, 1.807) is 24.3 Å². The van der Waals surface area contributed by atoms with Gasteiger partial charge in [0.1, 0.15) is 0 Å². The summed E-state index contributed by atoms with van der Waals surface area (Å²) in [4.78, 5) is 0.445. The van der Waals surface area contributed by atoms with Crippen molar-refractivity contribution in [2.24, 2.45) is 0 Å². The van der Waals surface area contributed by atoms with E-state index in [-0.39, 0.29) is 31.0 Å². The molecule has 1 aromatic rings. The predicted octanol–water partition coefficient (Wildman–Crippen LogP) is -1.01. The van der Waals surface area contributed by atoms with Crippen molar-refractivity contribution in [3.63, 3.8) is 0 Å². The van der Waals surface area contributed by atoms with E-state index < -0.39 is 11.1 Å². The predicted molar refractivity (Wildman–Crippen MR) is 49.3 cm³/mol. The number of hydrogen-bond acceptors (Lipinski definition) is 1. The molecule has 1 atom stereocenters. The molecule has 11 heavy (non-hydrogen) atoms. The fourth-order valence-corrected chi connectivity index (χ4v) is 1.28. The van der Waals surface area contributed by atoms with Gasteiger partial charge in [-0.15, -0.1) is 0 Å². The molecular formula is C6H6INaO2S. The molecule has 2 nitrogen and oxygen atoms in total. The van der Waals surface area contributed by atoms with Crippen LogP contribution >= 0.6 is 22.6 Å². The average Bonchev–Trinajstić information content (AvgIpc) is 1.88. The minimum Gasteiger partial charge on any atom is -1.00 e. The van der Waals surface area contributed by atoms with Crippen LogP contribution in [0.2, 0.25) is 0 Å². The molecule has 0 aliphatic heterocycles. The van der Waals surface area contributed by atoms with Crippen LogP contribution in [-0.4, -0.2) is 8.76 Å². The summed E-state index contributed by atoms with van der Waals surface area (Å²) in [5.74, 6) is 0. The molecular weight excluding hydrogens is 286 g/mol. The molecule has 0 aromatic heterocycles. The van der Waals surface area contributed by atoms with E-state index in [2.05, 4.69) is 22.6 Å². The van der Waals surface area contributed by atoms with Crippen LogP contribution in [-0.2, 0) is 11.1 Å². The van der Waals surface area contributed by atoms with Gasteiger partial charge in [0.25, 0.3) is 0 Å². The Kier molecular flexibility index (Phi) is 6.21. The Morgan fingerprint density at radius 3 is 2.18 bits per heavy atom. The van der Waals surface area contributed by atoms with E-state index in [1.165, 1.54) is 0 Å². The van der Waals surface area contributed by atoms with Crippen LogP contribution in [0, 0.1) is 3.57 Å². The second kappa shape index (κ2) is 5.66. The first-order chi connectivity index (χ1) is 4.70. The summed E-state index contributed by atoms with van der Waals surface area (Å²) in [7, 11) is 0. The fraction of sp³-hybridized carbons (Fsp3) is 0. The maximum Gasteiger partial charge on any atom is 1.00 e. The van der Waals surface area contributed by atoms with Gasteiger partial charge in [0, 0.05) is 3.57 Å². The summed E-state index contributed by atoms with van der Waals surface area (Å²) in [6.07, 6.45) is 0. The van der Waals surface area contributed by atoms with Gasteiger partial charge in [-0.3, -0.25) is 0 Å². The van der Waals surface area contributed by atoms with Crippen LogP contribution in [0.4, 0.5) is 0 Å². The van der Waals surface area contributed by atoms with Crippen molar-refractivity contribution in [3.05, 3.63) is 27.8 Å². The molecule has 0 saturated carbocycles. The molecule has 0 spiro atoms. The van der Waals surface area contributed by atoms with Crippen LogP contribution in [0.15, 0.2) is 29.2 Å². The summed E-state index contributed by atoms with van der Waals surface area (Å²) in [6.45, 7) is 0. The molecule has 0 amide bonds. The van der Waals surface area contributed by atoms with Crippen molar-refractivity contribution in [1.82, 2.24) is 0 Å². The largest absolute Gasteiger partial charge is 1.00 e. The van der Waals surface area contributed by atoms with Crippen molar-refractivity contribution >= 4 is 33.7 Å². The minimum absolute atomic E-state index is 0. The number of halogens is 1. The van der Waals surface area contributed by atoms with Gasteiger partial charge in [-0.25, -0.2) is 4.21 Å². The first-order valence-corrected chi connectivity index (χ1v) is 4.75. The summed E-state index contributed by atoms with van der Waals surface area (Å²) < 4.78 is 20.1. The van der Waals surface area contributed by atoms with Crippen LogP contribution in [0.3, 0.4) is 0 Å². The van der Waals surface area contributed by atoms with Gasteiger partial charge in [-0.2, -0.15) is 0 Å². The van der Waals surface area contributed by atoms with E-state index in [0.717, 1.165) is 3.57 Å². The minimum atomic E-state index is -1.84. The maximum absolute atomic E-state index is 10.4. The SMILES string of the molecule is O=S(O)c1ccc(I)cc1.[H-].[Na+]. The zero-order chi connectivity index (χ0) is 7.56. The van der Waals surface area contributed by atoms with Crippen molar-refractivity contribution in [1.29, 1.82) is 0 Å². The van der Waals surface area contributed by atoms with Crippen LogP contribution < -0.4 is 29.6 Å². The molecule has 0 fully saturated rings. The molecule has 0 heterocycles. The Labute approximate surface area is 105 Å². The van der Waals surface area contributed by atoms with E-state index in [0.29, 0.717) is 4.90 Å². The first kappa shape index (κ1) is 12.1. The Morgan fingerprint density at radius 2 is 1.82 bits per heavy atom.